The predicted octanol–water partition coefficient (Wildman–Crippen LogP) is 5.26. The Morgan fingerprint density at radius 3 is 2.73 bits per heavy atom. The second kappa shape index (κ2) is 8.01. The number of benzene rings is 2. The van der Waals surface area contributed by atoms with Crippen molar-refractivity contribution >= 4 is 50.7 Å². The van der Waals surface area contributed by atoms with Gasteiger partial charge in [0, 0.05) is 24.3 Å². The Bertz CT molecular complexity index is 1200. The lowest BCUT2D eigenvalue weighted by atomic mass is 10.2. The molecular weight excluding hydrogens is 418 g/mol. The number of thiazole rings is 1. The van der Waals surface area contributed by atoms with E-state index in [4.69, 9.17) is 11.6 Å². The first-order valence-electron chi connectivity index (χ1n) is 9.72. The highest BCUT2D eigenvalue weighted by atomic mass is 35.5. The maximum atomic E-state index is 12.9. The monoisotopic (exact) mass is 435 g/mol. The van der Waals surface area contributed by atoms with Crippen LogP contribution in [0.2, 0.25) is 5.02 Å². The molecule has 1 N–H and O–H groups in total. The molecule has 0 spiro atoms. The molecule has 0 aliphatic carbocycles. The number of hydrogen-bond acceptors (Lipinski definition) is 6. The lowest BCUT2D eigenvalue weighted by Crippen LogP contribution is -2.23. The standard InChI is InChI=1S/C22H18ClN5OS/c23-16-13-24-22(28-10-3-4-11-28)27-19(16)20(29)25-15-7-5-6-14(12-15)21-26-17-8-1-2-9-18(17)30-21/h1-2,5-9,12-13H,3-4,10-11H2,(H,25,29). The van der Waals surface area contributed by atoms with Crippen molar-refractivity contribution in [2.75, 3.05) is 23.3 Å². The van der Waals surface area contributed by atoms with Crippen LogP contribution in [0.4, 0.5) is 11.6 Å². The summed E-state index contributed by atoms with van der Waals surface area (Å²) in [5.74, 6) is 0.189. The van der Waals surface area contributed by atoms with Crippen molar-refractivity contribution in [1.82, 2.24) is 15.0 Å². The molecule has 1 saturated heterocycles. The van der Waals surface area contributed by atoms with Gasteiger partial charge in [0.25, 0.3) is 5.91 Å². The summed E-state index contributed by atoms with van der Waals surface area (Å²) in [4.78, 5) is 28.3. The third kappa shape index (κ3) is 3.74. The lowest BCUT2D eigenvalue weighted by Gasteiger charge is -2.16. The minimum atomic E-state index is -0.357. The van der Waals surface area contributed by atoms with Crippen molar-refractivity contribution in [3.63, 3.8) is 0 Å². The fourth-order valence-electron chi connectivity index (χ4n) is 3.50. The Morgan fingerprint density at radius 1 is 1.07 bits per heavy atom. The Kier molecular flexibility index (Phi) is 5.06. The molecule has 0 atom stereocenters. The number of halogens is 1. The third-order valence-corrected chi connectivity index (χ3v) is 6.36. The minimum absolute atomic E-state index is 0.180. The van der Waals surface area contributed by atoms with Crippen LogP contribution >= 0.6 is 22.9 Å². The zero-order valence-corrected chi connectivity index (χ0v) is 17.6. The molecule has 30 heavy (non-hydrogen) atoms. The first kappa shape index (κ1) is 19.0. The van der Waals surface area contributed by atoms with Gasteiger partial charge in [-0.3, -0.25) is 4.79 Å². The summed E-state index contributed by atoms with van der Waals surface area (Å²) < 4.78 is 1.13. The molecule has 1 amide bonds. The van der Waals surface area contributed by atoms with Crippen LogP contribution < -0.4 is 10.2 Å². The number of hydrogen-bond donors (Lipinski definition) is 1. The number of carbonyl (C=O) groups is 1. The van der Waals surface area contributed by atoms with Gasteiger partial charge >= 0.3 is 0 Å². The third-order valence-electron chi connectivity index (χ3n) is 5.00. The van der Waals surface area contributed by atoms with Crippen LogP contribution in [0, 0.1) is 0 Å². The van der Waals surface area contributed by atoms with Crippen LogP contribution in [0.5, 0.6) is 0 Å². The number of nitrogens with one attached hydrogen (secondary N) is 1. The molecule has 4 aromatic rings. The quantitative estimate of drug-likeness (QED) is 0.473. The number of nitrogens with zero attached hydrogens (tertiary/aromatic N) is 4. The zero-order chi connectivity index (χ0) is 20.5. The maximum Gasteiger partial charge on any atom is 0.276 e. The molecule has 3 heterocycles. The molecule has 0 unspecified atom stereocenters. The highest BCUT2D eigenvalue weighted by Gasteiger charge is 2.20. The van der Waals surface area contributed by atoms with E-state index in [1.165, 1.54) is 6.20 Å². The van der Waals surface area contributed by atoms with E-state index in [1.807, 2.05) is 42.5 Å². The van der Waals surface area contributed by atoms with E-state index in [-0.39, 0.29) is 16.6 Å². The molecule has 1 fully saturated rings. The van der Waals surface area contributed by atoms with Crippen molar-refractivity contribution in [3.8, 4) is 10.6 Å². The molecule has 0 bridgehead atoms. The fraction of sp³-hybridized carbons (Fsp3) is 0.182. The number of fused-ring (bicyclic) bond motifs is 1. The van der Waals surface area contributed by atoms with Gasteiger partial charge in [-0.05, 0) is 37.1 Å². The smallest absolute Gasteiger partial charge is 0.276 e. The van der Waals surface area contributed by atoms with Crippen molar-refractivity contribution in [3.05, 3.63) is 65.4 Å². The molecule has 0 saturated carbocycles. The van der Waals surface area contributed by atoms with E-state index >= 15 is 0 Å². The van der Waals surface area contributed by atoms with Crippen molar-refractivity contribution in [2.24, 2.45) is 0 Å². The van der Waals surface area contributed by atoms with Crippen LogP contribution in [0.1, 0.15) is 23.3 Å². The van der Waals surface area contributed by atoms with Crippen molar-refractivity contribution < 1.29 is 4.79 Å². The number of para-hydroxylation sites is 1. The van der Waals surface area contributed by atoms with Gasteiger partial charge in [0.15, 0.2) is 5.69 Å². The van der Waals surface area contributed by atoms with Crippen LogP contribution in [0.25, 0.3) is 20.8 Å². The van der Waals surface area contributed by atoms with Gasteiger partial charge in [-0.1, -0.05) is 35.9 Å². The van der Waals surface area contributed by atoms with Crippen LogP contribution in [0.3, 0.4) is 0 Å². The fourth-order valence-corrected chi connectivity index (χ4v) is 4.64. The summed E-state index contributed by atoms with van der Waals surface area (Å²) in [6.45, 7) is 1.79. The van der Waals surface area contributed by atoms with Gasteiger partial charge in [-0.25, -0.2) is 15.0 Å². The minimum Gasteiger partial charge on any atom is -0.341 e. The molecule has 0 radical (unpaired) electrons. The van der Waals surface area contributed by atoms with Gasteiger partial charge in [0.05, 0.1) is 21.4 Å². The average molecular weight is 436 g/mol. The molecule has 2 aromatic heterocycles. The predicted molar refractivity (Wildman–Crippen MR) is 121 cm³/mol. The zero-order valence-electron chi connectivity index (χ0n) is 16.0. The number of amides is 1. The lowest BCUT2D eigenvalue weighted by molar-refractivity contribution is 0.102. The molecule has 1 aliphatic rings. The second-order valence-electron chi connectivity index (χ2n) is 7.08. The Morgan fingerprint density at radius 2 is 1.90 bits per heavy atom. The highest BCUT2D eigenvalue weighted by molar-refractivity contribution is 7.21. The van der Waals surface area contributed by atoms with Gasteiger partial charge in [0.1, 0.15) is 5.01 Å². The molecular formula is C22H18ClN5OS. The van der Waals surface area contributed by atoms with E-state index in [2.05, 4.69) is 31.2 Å². The molecule has 6 nitrogen and oxygen atoms in total. The van der Waals surface area contributed by atoms with Crippen LogP contribution in [-0.4, -0.2) is 33.9 Å². The number of aromatic nitrogens is 3. The topological polar surface area (TPSA) is 71.0 Å². The van der Waals surface area contributed by atoms with Gasteiger partial charge in [-0.2, -0.15) is 0 Å². The second-order valence-corrected chi connectivity index (χ2v) is 8.52. The van der Waals surface area contributed by atoms with Gasteiger partial charge < -0.3 is 10.2 Å². The normalized spacial score (nSPS) is 13.7. The largest absolute Gasteiger partial charge is 0.341 e. The first-order chi connectivity index (χ1) is 14.7. The molecule has 2 aromatic carbocycles. The van der Waals surface area contributed by atoms with E-state index in [0.717, 1.165) is 46.7 Å². The van der Waals surface area contributed by atoms with Crippen LogP contribution in [-0.2, 0) is 0 Å². The summed E-state index contributed by atoms with van der Waals surface area (Å²) in [5, 5.41) is 4.05. The van der Waals surface area contributed by atoms with E-state index in [1.54, 1.807) is 11.3 Å². The summed E-state index contributed by atoms with van der Waals surface area (Å²) >= 11 is 7.85. The molecule has 1 aliphatic heterocycles. The number of rotatable bonds is 4. The van der Waals surface area contributed by atoms with E-state index in [9.17, 15) is 4.79 Å². The molecule has 150 valence electrons. The SMILES string of the molecule is O=C(Nc1cccc(-c2nc3ccccc3s2)c1)c1nc(N2CCCC2)ncc1Cl. The number of anilines is 2. The highest BCUT2D eigenvalue weighted by Crippen LogP contribution is 2.31. The molecule has 8 heteroatoms. The van der Waals surface area contributed by atoms with Crippen LogP contribution in [0.15, 0.2) is 54.7 Å². The maximum absolute atomic E-state index is 12.9. The Labute approximate surface area is 182 Å². The summed E-state index contributed by atoms with van der Waals surface area (Å²) in [7, 11) is 0. The van der Waals surface area contributed by atoms with E-state index in [0.29, 0.717) is 11.6 Å². The Hall–Kier alpha value is -3.03. The van der Waals surface area contributed by atoms with Crippen molar-refractivity contribution in [2.45, 2.75) is 12.8 Å². The molecule has 5 rings (SSSR count). The van der Waals surface area contributed by atoms with Gasteiger partial charge in [-0.15, -0.1) is 11.3 Å². The Balaban J connectivity index is 1.40. The summed E-state index contributed by atoms with van der Waals surface area (Å²) in [6, 6.07) is 15.7. The van der Waals surface area contributed by atoms with Gasteiger partial charge in [0.2, 0.25) is 5.95 Å². The average Bonchev–Trinajstić information content (AvgIpc) is 3.44. The first-order valence-corrected chi connectivity index (χ1v) is 10.9. The summed E-state index contributed by atoms with van der Waals surface area (Å²) in [6.07, 6.45) is 3.70. The summed E-state index contributed by atoms with van der Waals surface area (Å²) in [5.41, 5.74) is 2.75. The van der Waals surface area contributed by atoms with Crippen molar-refractivity contribution in [1.29, 1.82) is 0 Å². The van der Waals surface area contributed by atoms with E-state index < -0.39 is 0 Å². The number of carbonyl (C=O) groups excluding carboxylic acids is 1.